The maximum Gasteiger partial charge on any atom is 0.264 e. The summed E-state index contributed by atoms with van der Waals surface area (Å²) in [6, 6.07) is 10.3. The lowest BCUT2D eigenvalue weighted by Gasteiger charge is -2.32. The van der Waals surface area contributed by atoms with Crippen LogP contribution in [0.5, 0.6) is 11.5 Å². The highest BCUT2D eigenvalue weighted by atomic mass is 35.5. The molecule has 3 N–H and O–H groups in total. The molecule has 0 spiro atoms. The van der Waals surface area contributed by atoms with Gasteiger partial charge in [0.15, 0.2) is 17.3 Å². The van der Waals surface area contributed by atoms with Crippen LogP contribution >= 0.6 is 23.2 Å². The zero-order valence-electron chi connectivity index (χ0n) is 29.6. The van der Waals surface area contributed by atoms with Crippen LogP contribution in [0.1, 0.15) is 65.7 Å². The van der Waals surface area contributed by atoms with Gasteiger partial charge in [-0.25, -0.2) is 14.4 Å². The number of rotatable bonds is 12. The van der Waals surface area contributed by atoms with Crippen molar-refractivity contribution < 1.29 is 37.8 Å². The molecule has 0 bridgehead atoms. The third-order valence-corrected chi connectivity index (χ3v) is 10.7. The number of nitrogens with one attached hydrogen (secondary N) is 3. The summed E-state index contributed by atoms with van der Waals surface area (Å²) < 4.78 is 26.8. The number of amides is 5. The van der Waals surface area contributed by atoms with Crippen molar-refractivity contribution >= 4 is 80.8 Å². The number of benzene rings is 3. The van der Waals surface area contributed by atoms with Gasteiger partial charge in [0.25, 0.3) is 11.8 Å². The minimum atomic E-state index is -1.04. The highest BCUT2D eigenvalue weighted by Crippen LogP contribution is 2.38. The van der Waals surface area contributed by atoms with E-state index in [-0.39, 0.29) is 51.7 Å². The highest BCUT2D eigenvalue weighted by Gasteiger charge is 2.45. The van der Waals surface area contributed by atoms with Gasteiger partial charge in [0.05, 0.1) is 39.5 Å². The Kier molecular flexibility index (Phi) is 11.0. The van der Waals surface area contributed by atoms with E-state index in [2.05, 4.69) is 25.9 Å². The van der Waals surface area contributed by atoms with Crippen molar-refractivity contribution in [1.29, 1.82) is 0 Å². The van der Waals surface area contributed by atoms with Gasteiger partial charge in [0.2, 0.25) is 17.7 Å². The van der Waals surface area contributed by atoms with E-state index < -0.39 is 35.5 Å². The van der Waals surface area contributed by atoms with Crippen LogP contribution in [0.4, 0.5) is 21.6 Å². The zero-order valence-corrected chi connectivity index (χ0v) is 31.1. The van der Waals surface area contributed by atoms with Gasteiger partial charge in [0.1, 0.15) is 24.3 Å². The molecule has 1 aromatic heterocycles. The smallest absolute Gasteiger partial charge is 0.264 e. The van der Waals surface area contributed by atoms with E-state index >= 15 is 0 Å². The molecule has 286 valence electrons. The van der Waals surface area contributed by atoms with Crippen LogP contribution in [0.25, 0.3) is 10.9 Å². The molecule has 1 atom stereocenters. The van der Waals surface area contributed by atoms with Crippen LogP contribution in [0.3, 0.4) is 0 Å². The van der Waals surface area contributed by atoms with Crippen LogP contribution in [0.15, 0.2) is 48.8 Å². The number of nitrogens with zero attached hydrogens (tertiary/aromatic N) is 4. The van der Waals surface area contributed by atoms with Gasteiger partial charge in [-0.15, -0.1) is 0 Å². The molecule has 3 aliphatic heterocycles. The fourth-order valence-electron chi connectivity index (χ4n) is 7.01. The average Bonchev–Trinajstić information content (AvgIpc) is 3.44. The standard InChI is InChI=1S/C38H36Cl2FN7O7/c1-54-28-18-26-22(35(44-19-43-26)45-25-9-8-23(39)33(40)34(25)41)17-29(28)55-20-12-15-47(16-13-20)31(50)7-2-3-14-42-24-6-4-5-21-32(24)38(53)48(37(21)52)27-10-11-30(49)46-36(27)51/h4-6,8-9,17-20,27,42H,2-3,7,10-16H2,1H3,(H,43,44,45)(H,46,49,51). The molecule has 1 unspecified atom stereocenters. The SMILES string of the molecule is COc1cc2ncnc(Nc3ccc(Cl)c(Cl)c3F)c2cc1OC1CCN(C(=O)CCCCNc2cccc3c2C(=O)N(C2CCC(=O)NC2=O)C3=O)CC1. The Labute approximate surface area is 324 Å². The topological polar surface area (TPSA) is 172 Å². The number of unbranched alkanes of at least 4 members (excludes halogenated alkanes) is 1. The molecule has 3 aliphatic rings. The van der Waals surface area contributed by atoms with Crippen molar-refractivity contribution in [1.82, 2.24) is 25.1 Å². The largest absolute Gasteiger partial charge is 0.493 e. The molecule has 14 nitrogen and oxygen atoms in total. The molecule has 5 amide bonds. The normalized spacial score (nSPS) is 17.3. The maximum absolute atomic E-state index is 14.8. The van der Waals surface area contributed by atoms with Crippen LogP contribution in [-0.4, -0.2) is 88.2 Å². The van der Waals surface area contributed by atoms with Gasteiger partial charge in [-0.3, -0.25) is 34.2 Å². The van der Waals surface area contributed by atoms with Crippen molar-refractivity contribution in [3.63, 3.8) is 0 Å². The summed E-state index contributed by atoms with van der Waals surface area (Å²) in [5, 5.41) is 8.84. The summed E-state index contributed by atoms with van der Waals surface area (Å²) in [4.78, 5) is 74.9. The minimum Gasteiger partial charge on any atom is -0.493 e. The molecule has 0 aliphatic carbocycles. The molecule has 2 fully saturated rings. The van der Waals surface area contributed by atoms with E-state index in [9.17, 15) is 28.4 Å². The first-order chi connectivity index (χ1) is 26.5. The lowest BCUT2D eigenvalue weighted by atomic mass is 10.0. The van der Waals surface area contributed by atoms with Crippen molar-refractivity contribution in [2.45, 2.75) is 57.1 Å². The van der Waals surface area contributed by atoms with Crippen molar-refractivity contribution in [2.24, 2.45) is 0 Å². The molecule has 0 saturated carbocycles. The second kappa shape index (κ2) is 16.1. The van der Waals surface area contributed by atoms with Gasteiger partial charge in [-0.1, -0.05) is 29.3 Å². The summed E-state index contributed by atoms with van der Waals surface area (Å²) in [7, 11) is 1.53. The molecule has 4 heterocycles. The fraction of sp³-hybridized carbons (Fsp3) is 0.342. The number of carbonyl (C=O) groups excluding carboxylic acids is 5. The number of imide groups is 2. The van der Waals surface area contributed by atoms with Gasteiger partial charge in [-0.2, -0.15) is 0 Å². The quantitative estimate of drug-likeness (QED) is 0.0889. The molecule has 17 heteroatoms. The molecular weight excluding hydrogens is 756 g/mol. The van der Waals surface area contributed by atoms with Gasteiger partial charge in [0, 0.05) is 62.5 Å². The summed E-state index contributed by atoms with van der Waals surface area (Å²) in [5.41, 5.74) is 1.51. The molecule has 55 heavy (non-hydrogen) atoms. The van der Waals surface area contributed by atoms with Crippen molar-refractivity contribution in [3.8, 4) is 11.5 Å². The number of halogens is 3. The Morgan fingerprint density at radius 3 is 2.55 bits per heavy atom. The van der Waals surface area contributed by atoms with Crippen LogP contribution in [-0.2, 0) is 14.4 Å². The van der Waals surface area contributed by atoms with Crippen molar-refractivity contribution in [3.05, 3.63) is 75.8 Å². The second-order valence-electron chi connectivity index (χ2n) is 13.3. The van der Waals surface area contributed by atoms with E-state index in [1.807, 2.05) is 4.90 Å². The maximum atomic E-state index is 14.8. The Balaban J connectivity index is 0.900. The average molecular weight is 793 g/mol. The molecule has 3 aromatic carbocycles. The summed E-state index contributed by atoms with van der Waals surface area (Å²) in [5.74, 6) is -1.66. The Morgan fingerprint density at radius 1 is 0.982 bits per heavy atom. The zero-order chi connectivity index (χ0) is 38.8. The number of carbonyl (C=O) groups is 5. The molecular formula is C38H36Cl2FN7O7. The predicted octanol–water partition coefficient (Wildman–Crippen LogP) is 5.88. The van der Waals surface area contributed by atoms with E-state index in [0.717, 1.165) is 4.90 Å². The number of aromatic nitrogens is 2. The lowest BCUT2D eigenvalue weighted by Crippen LogP contribution is -2.54. The fourth-order valence-corrected chi connectivity index (χ4v) is 7.32. The Morgan fingerprint density at radius 2 is 1.78 bits per heavy atom. The van der Waals surface area contributed by atoms with E-state index in [1.54, 1.807) is 30.3 Å². The minimum absolute atomic E-state index is 0.0328. The summed E-state index contributed by atoms with van der Waals surface area (Å²) >= 11 is 12.0. The predicted molar refractivity (Wildman–Crippen MR) is 201 cm³/mol. The Hall–Kier alpha value is -5.54. The van der Waals surface area contributed by atoms with E-state index in [1.165, 1.54) is 25.6 Å². The molecule has 7 rings (SSSR count). The first-order valence-corrected chi connectivity index (χ1v) is 18.6. The third kappa shape index (κ3) is 7.71. The number of methoxy groups -OCH3 is 1. The number of anilines is 3. The van der Waals surface area contributed by atoms with Crippen LogP contribution in [0, 0.1) is 5.82 Å². The van der Waals surface area contributed by atoms with Gasteiger partial charge < -0.3 is 25.0 Å². The van der Waals surface area contributed by atoms with Gasteiger partial charge in [-0.05, 0) is 49.6 Å². The number of hydrogen-bond acceptors (Lipinski definition) is 11. The number of hydrogen-bond donors (Lipinski definition) is 3. The lowest BCUT2D eigenvalue weighted by molar-refractivity contribution is -0.136. The van der Waals surface area contributed by atoms with E-state index in [0.29, 0.717) is 85.6 Å². The highest BCUT2D eigenvalue weighted by molar-refractivity contribution is 6.42. The van der Waals surface area contributed by atoms with Gasteiger partial charge >= 0.3 is 0 Å². The third-order valence-electron chi connectivity index (χ3n) is 9.90. The number of ether oxygens (including phenoxy) is 2. The summed E-state index contributed by atoms with van der Waals surface area (Å²) in [6.07, 6.45) is 4.06. The Bertz CT molecular complexity index is 2220. The number of likely N-dealkylation sites (tertiary alicyclic amines) is 1. The first-order valence-electron chi connectivity index (χ1n) is 17.8. The second-order valence-corrected chi connectivity index (χ2v) is 14.1. The van der Waals surface area contributed by atoms with Crippen molar-refractivity contribution in [2.75, 3.05) is 37.4 Å². The number of piperidine rings is 2. The molecule has 2 saturated heterocycles. The monoisotopic (exact) mass is 791 g/mol. The molecule has 0 radical (unpaired) electrons. The van der Waals surface area contributed by atoms with E-state index in [4.69, 9.17) is 32.7 Å². The number of fused-ring (bicyclic) bond motifs is 2. The van der Waals surface area contributed by atoms with Crippen LogP contribution < -0.4 is 25.4 Å². The molecule has 4 aromatic rings. The first kappa shape index (κ1) is 37.8. The summed E-state index contributed by atoms with van der Waals surface area (Å²) in [6.45, 7) is 1.48. The van der Waals surface area contributed by atoms with Crippen LogP contribution in [0.2, 0.25) is 10.0 Å².